The van der Waals surface area contributed by atoms with Crippen LogP contribution in [-0.4, -0.2) is 12.7 Å². The topological polar surface area (TPSA) is 38.3 Å². The zero-order chi connectivity index (χ0) is 20.9. The largest absolute Gasteiger partial charge is 0.450 e. The molecule has 1 amide bonds. The molecule has 29 heavy (non-hydrogen) atoms. The van der Waals surface area contributed by atoms with Gasteiger partial charge in [-0.05, 0) is 47.7 Å². The smallest absolute Gasteiger partial charge is 0.416 e. The van der Waals surface area contributed by atoms with Gasteiger partial charge in [-0.1, -0.05) is 60.7 Å². The predicted molar refractivity (Wildman–Crippen MR) is 107 cm³/mol. The average molecular weight is 401 g/mol. The highest BCUT2D eigenvalue weighted by atomic mass is 19.4. The number of alkyl carbamates (subject to hydrolysis) is 1. The number of carbonyl (C=O) groups excluding carboxylic acids is 1. The molecule has 6 heteroatoms. The Kier molecular flexibility index (Phi) is 6.42. The Balaban J connectivity index is 1.49. The van der Waals surface area contributed by atoms with Gasteiger partial charge in [0.05, 0.1) is 18.2 Å². The fourth-order valence-electron chi connectivity index (χ4n) is 3.27. The van der Waals surface area contributed by atoms with Crippen LogP contribution >= 0.6 is 0 Å². The van der Waals surface area contributed by atoms with E-state index >= 15 is 0 Å². The van der Waals surface area contributed by atoms with Crippen LogP contribution in [0.2, 0.25) is 0 Å². The summed E-state index contributed by atoms with van der Waals surface area (Å²) >= 11 is 0. The van der Waals surface area contributed by atoms with Gasteiger partial charge in [-0.15, -0.1) is 0 Å². The van der Waals surface area contributed by atoms with Crippen LogP contribution in [0.25, 0.3) is 10.8 Å². The Bertz CT molecular complexity index is 980. The Hall–Kier alpha value is -3.02. The fraction of sp³-hybridized carbons (Fsp3) is 0.261. The van der Waals surface area contributed by atoms with Gasteiger partial charge in [0.1, 0.15) is 0 Å². The van der Waals surface area contributed by atoms with E-state index in [0.29, 0.717) is 18.4 Å². The van der Waals surface area contributed by atoms with Crippen molar-refractivity contribution in [1.29, 1.82) is 0 Å². The number of fused-ring (bicyclic) bond motifs is 1. The summed E-state index contributed by atoms with van der Waals surface area (Å²) in [5, 5.41) is 4.96. The standard InChI is InChI=1S/C23H22F3NO2/c1-16(20-13-5-10-18-9-2-3-12-21(18)20)27-22(28)29-14-6-8-17-7-4-11-19(15-17)23(24,25)26/h2-5,7,9-13,15-16H,6,8,14H2,1H3,(H,27,28). The van der Waals surface area contributed by atoms with Gasteiger partial charge in [0.15, 0.2) is 0 Å². The first-order valence-electron chi connectivity index (χ1n) is 9.41. The molecule has 0 fully saturated rings. The SMILES string of the molecule is CC(NC(=O)OCCCc1cccc(C(F)(F)F)c1)c1cccc2ccccc12. The van der Waals surface area contributed by atoms with E-state index in [2.05, 4.69) is 5.32 Å². The summed E-state index contributed by atoms with van der Waals surface area (Å²) in [6.07, 6.45) is -4.06. The minimum absolute atomic E-state index is 0.129. The number of alkyl halides is 3. The third-order valence-corrected chi connectivity index (χ3v) is 4.72. The number of ether oxygens (including phenoxy) is 1. The van der Waals surface area contributed by atoms with Crippen molar-refractivity contribution < 1.29 is 22.7 Å². The summed E-state index contributed by atoms with van der Waals surface area (Å²) in [4.78, 5) is 12.1. The van der Waals surface area contributed by atoms with Gasteiger partial charge in [-0.3, -0.25) is 0 Å². The molecule has 3 nitrogen and oxygen atoms in total. The van der Waals surface area contributed by atoms with Gasteiger partial charge in [0, 0.05) is 0 Å². The number of hydrogen-bond donors (Lipinski definition) is 1. The molecule has 3 aromatic carbocycles. The zero-order valence-corrected chi connectivity index (χ0v) is 16.0. The molecule has 1 atom stereocenters. The molecule has 0 aliphatic carbocycles. The van der Waals surface area contributed by atoms with E-state index < -0.39 is 17.8 Å². The predicted octanol–water partition coefficient (Wildman–Crippen LogP) is 6.28. The number of carbonyl (C=O) groups is 1. The minimum atomic E-state index is -4.36. The lowest BCUT2D eigenvalue weighted by Gasteiger charge is -2.16. The molecule has 0 aliphatic rings. The van der Waals surface area contributed by atoms with E-state index in [9.17, 15) is 18.0 Å². The van der Waals surface area contributed by atoms with E-state index in [1.54, 1.807) is 6.07 Å². The first kappa shape index (κ1) is 20.7. The molecular formula is C23H22F3NO2. The number of hydrogen-bond acceptors (Lipinski definition) is 2. The normalized spacial score (nSPS) is 12.6. The third-order valence-electron chi connectivity index (χ3n) is 4.72. The third kappa shape index (κ3) is 5.50. The number of benzene rings is 3. The number of halogens is 3. The van der Waals surface area contributed by atoms with E-state index in [1.165, 1.54) is 6.07 Å². The summed E-state index contributed by atoms with van der Waals surface area (Å²) in [5.74, 6) is 0. The molecule has 0 bridgehead atoms. The van der Waals surface area contributed by atoms with Gasteiger partial charge >= 0.3 is 12.3 Å². The first-order valence-corrected chi connectivity index (χ1v) is 9.41. The number of aryl methyl sites for hydroxylation is 1. The maximum Gasteiger partial charge on any atom is 0.416 e. The summed E-state index contributed by atoms with van der Waals surface area (Å²) in [6, 6.07) is 18.8. The second-order valence-electron chi connectivity index (χ2n) is 6.87. The Labute approximate surface area is 167 Å². The maximum atomic E-state index is 12.7. The molecule has 0 radical (unpaired) electrons. The minimum Gasteiger partial charge on any atom is -0.450 e. The highest BCUT2D eigenvalue weighted by Gasteiger charge is 2.30. The summed E-state index contributed by atoms with van der Waals surface area (Å²) < 4.78 is 43.4. The van der Waals surface area contributed by atoms with Crippen LogP contribution in [0.1, 0.15) is 36.1 Å². The molecule has 0 saturated carbocycles. The van der Waals surface area contributed by atoms with Crippen LogP contribution in [0, 0.1) is 0 Å². The highest BCUT2D eigenvalue weighted by molar-refractivity contribution is 5.86. The molecule has 0 aliphatic heterocycles. The van der Waals surface area contributed by atoms with Crippen molar-refractivity contribution in [1.82, 2.24) is 5.32 Å². The van der Waals surface area contributed by atoms with E-state index in [1.807, 2.05) is 49.4 Å². The molecule has 0 spiro atoms. The lowest BCUT2D eigenvalue weighted by molar-refractivity contribution is -0.137. The van der Waals surface area contributed by atoms with E-state index in [0.717, 1.165) is 28.5 Å². The summed E-state index contributed by atoms with van der Waals surface area (Å²) in [7, 11) is 0. The van der Waals surface area contributed by atoms with Crippen molar-refractivity contribution in [3.63, 3.8) is 0 Å². The van der Waals surface area contributed by atoms with Gasteiger partial charge in [-0.25, -0.2) is 4.79 Å². The average Bonchev–Trinajstić information content (AvgIpc) is 2.70. The van der Waals surface area contributed by atoms with E-state index in [-0.39, 0.29) is 12.6 Å². The van der Waals surface area contributed by atoms with Gasteiger partial charge < -0.3 is 10.1 Å². The van der Waals surface area contributed by atoms with Crippen molar-refractivity contribution in [2.75, 3.05) is 6.61 Å². The van der Waals surface area contributed by atoms with Crippen LogP contribution in [-0.2, 0) is 17.3 Å². The first-order chi connectivity index (χ1) is 13.8. The molecule has 0 heterocycles. The van der Waals surface area contributed by atoms with Crippen molar-refractivity contribution >= 4 is 16.9 Å². The van der Waals surface area contributed by atoms with Gasteiger partial charge in [0.25, 0.3) is 0 Å². The molecule has 0 saturated heterocycles. The maximum absolute atomic E-state index is 12.7. The van der Waals surface area contributed by atoms with Gasteiger partial charge in [-0.2, -0.15) is 13.2 Å². The zero-order valence-electron chi connectivity index (χ0n) is 16.0. The van der Waals surface area contributed by atoms with Gasteiger partial charge in [0.2, 0.25) is 0 Å². The second kappa shape index (κ2) is 8.99. The van der Waals surface area contributed by atoms with Crippen molar-refractivity contribution in [3.8, 4) is 0 Å². The van der Waals surface area contributed by atoms with Crippen LogP contribution < -0.4 is 5.32 Å². The quantitative estimate of drug-likeness (QED) is 0.494. The monoisotopic (exact) mass is 401 g/mol. The molecular weight excluding hydrogens is 379 g/mol. The highest BCUT2D eigenvalue weighted by Crippen LogP contribution is 2.29. The molecule has 152 valence electrons. The lowest BCUT2D eigenvalue weighted by Crippen LogP contribution is -2.27. The van der Waals surface area contributed by atoms with Crippen molar-refractivity contribution in [2.24, 2.45) is 0 Å². The Morgan fingerprint density at radius 2 is 1.76 bits per heavy atom. The molecule has 3 aromatic rings. The number of rotatable bonds is 6. The van der Waals surface area contributed by atoms with Crippen LogP contribution in [0.3, 0.4) is 0 Å². The Morgan fingerprint density at radius 1 is 1.03 bits per heavy atom. The second-order valence-corrected chi connectivity index (χ2v) is 6.87. The van der Waals surface area contributed by atoms with Crippen LogP contribution in [0.4, 0.5) is 18.0 Å². The molecule has 3 rings (SSSR count). The Morgan fingerprint density at radius 3 is 2.55 bits per heavy atom. The lowest BCUT2D eigenvalue weighted by atomic mass is 10.00. The molecule has 1 N–H and O–H groups in total. The molecule has 0 aromatic heterocycles. The van der Waals surface area contributed by atoms with Crippen LogP contribution in [0.5, 0.6) is 0 Å². The van der Waals surface area contributed by atoms with E-state index in [4.69, 9.17) is 4.74 Å². The van der Waals surface area contributed by atoms with Crippen molar-refractivity contribution in [3.05, 3.63) is 83.4 Å². The van der Waals surface area contributed by atoms with Crippen LogP contribution in [0.15, 0.2) is 66.7 Å². The summed E-state index contributed by atoms with van der Waals surface area (Å²) in [6.45, 7) is 2.01. The fourth-order valence-corrected chi connectivity index (χ4v) is 3.27. The number of amides is 1. The molecule has 1 unspecified atom stereocenters. The van der Waals surface area contributed by atoms with Crippen molar-refractivity contribution in [2.45, 2.75) is 32.0 Å². The number of nitrogens with one attached hydrogen (secondary N) is 1. The summed E-state index contributed by atoms with van der Waals surface area (Å²) in [5.41, 5.74) is 0.884.